The number of alkyl halides is 4. The Balaban J connectivity index is 1.51. The highest BCUT2D eigenvalue weighted by molar-refractivity contribution is 5.92. The fourth-order valence-corrected chi connectivity index (χ4v) is 7.32. The van der Waals surface area contributed by atoms with E-state index >= 15 is 4.39 Å². The van der Waals surface area contributed by atoms with E-state index in [1.807, 2.05) is 18.7 Å². The third kappa shape index (κ3) is 5.09. The predicted octanol–water partition coefficient (Wildman–Crippen LogP) is 5.41. The molecule has 0 radical (unpaired) electrons. The Labute approximate surface area is 251 Å². The second kappa shape index (κ2) is 11.2. The number of aromatic nitrogens is 3. The second-order valence-electron chi connectivity index (χ2n) is 12.1. The standard InChI is InChI=1S/C30H35F6N7O/c1-4-43(21-6-8-38-16(21)3)27-19-12-39-25(18-10-20(37)23(32)15(2)22(18)30(34,35)36)24(33)26(19)40-28(41-27)44-14-29-7-5-9-42(29)13-17(31)11-29/h10,12,16-17,21,38H,4-9,11,13-14,37H2,1-3H3/t16-,17-,21-,29+/m1/s1. The van der Waals surface area contributed by atoms with E-state index in [0.717, 1.165) is 45.3 Å². The molecule has 3 aliphatic heterocycles. The zero-order valence-electron chi connectivity index (χ0n) is 24.7. The van der Waals surface area contributed by atoms with E-state index in [4.69, 9.17) is 10.5 Å². The highest BCUT2D eigenvalue weighted by Gasteiger charge is 2.49. The number of fused-ring (bicyclic) bond motifs is 2. The van der Waals surface area contributed by atoms with Gasteiger partial charge in [-0.3, -0.25) is 9.88 Å². The molecule has 5 heterocycles. The van der Waals surface area contributed by atoms with Crippen LogP contribution in [0.1, 0.15) is 50.7 Å². The molecule has 0 spiro atoms. The van der Waals surface area contributed by atoms with Gasteiger partial charge in [-0.25, -0.2) is 13.2 Å². The van der Waals surface area contributed by atoms with E-state index in [0.29, 0.717) is 25.3 Å². The highest BCUT2D eigenvalue weighted by atomic mass is 19.4. The Morgan fingerprint density at radius 2 is 2.00 bits per heavy atom. The van der Waals surface area contributed by atoms with E-state index in [9.17, 15) is 22.0 Å². The Hall–Kier alpha value is -3.39. The van der Waals surface area contributed by atoms with Crippen molar-refractivity contribution in [2.24, 2.45) is 0 Å². The first-order chi connectivity index (χ1) is 20.8. The minimum Gasteiger partial charge on any atom is -0.461 e. The van der Waals surface area contributed by atoms with Crippen LogP contribution < -0.4 is 20.7 Å². The van der Waals surface area contributed by atoms with Gasteiger partial charge in [0.2, 0.25) is 0 Å². The zero-order valence-corrected chi connectivity index (χ0v) is 24.7. The molecule has 3 aliphatic rings. The molecular weight excluding hydrogens is 588 g/mol. The van der Waals surface area contributed by atoms with Crippen molar-refractivity contribution >= 4 is 22.4 Å². The Morgan fingerprint density at radius 1 is 1.23 bits per heavy atom. The normalized spacial score (nSPS) is 25.6. The number of benzene rings is 1. The van der Waals surface area contributed by atoms with E-state index < -0.39 is 57.6 Å². The van der Waals surface area contributed by atoms with E-state index in [2.05, 4.69) is 25.2 Å². The number of ether oxygens (including phenoxy) is 1. The molecule has 44 heavy (non-hydrogen) atoms. The van der Waals surface area contributed by atoms with Crippen molar-refractivity contribution in [3.63, 3.8) is 0 Å². The van der Waals surface area contributed by atoms with Crippen LogP contribution in [0.5, 0.6) is 6.01 Å². The number of halogens is 6. The summed E-state index contributed by atoms with van der Waals surface area (Å²) in [5.41, 5.74) is 0.797. The third-order valence-corrected chi connectivity index (χ3v) is 9.44. The number of likely N-dealkylation sites (N-methyl/N-ethyl adjacent to an activating group) is 1. The highest BCUT2D eigenvalue weighted by Crippen LogP contribution is 2.44. The molecular formula is C30H35F6N7O. The van der Waals surface area contributed by atoms with Gasteiger partial charge >= 0.3 is 12.2 Å². The molecule has 3 fully saturated rings. The van der Waals surface area contributed by atoms with Crippen LogP contribution in [0.3, 0.4) is 0 Å². The fraction of sp³-hybridized carbons (Fsp3) is 0.567. The van der Waals surface area contributed by atoms with Crippen LogP contribution in [0.2, 0.25) is 0 Å². The van der Waals surface area contributed by atoms with Crippen molar-refractivity contribution in [3.05, 3.63) is 35.0 Å². The average Bonchev–Trinajstić information content (AvgIpc) is 3.64. The van der Waals surface area contributed by atoms with Crippen molar-refractivity contribution in [2.45, 2.75) is 76.4 Å². The van der Waals surface area contributed by atoms with Crippen molar-refractivity contribution in [1.82, 2.24) is 25.2 Å². The summed E-state index contributed by atoms with van der Waals surface area (Å²) in [4.78, 5) is 17.2. The van der Waals surface area contributed by atoms with Crippen LogP contribution in [0.25, 0.3) is 22.2 Å². The number of anilines is 2. The average molecular weight is 624 g/mol. The van der Waals surface area contributed by atoms with Crippen LogP contribution in [-0.4, -0.2) is 76.4 Å². The minimum absolute atomic E-state index is 0.0175. The first kappa shape index (κ1) is 30.6. The van der Waals surface area contributed by atoms with Gasteiger partial charge in [0.1, 0.15) is 35.6 Å². The molecule has 0 bridgehead atoms. The number of pyridine rings is 1. The van der Waals surface area contributed by atoms with Crippen molar-refractivity contribution < 1.29 is 31.1 Å². The van der Waals surface area contributed by atoms with Crippen LogP contribution in [0.4, 0.5) is 37.8 Å². The molecule has 0 unspecified atom stereocenters. The van der Waals surface area contributed by atoms with E-state index in [-0.39, 0.29) is 35.6 Å². The lowest BCUT2D eigenvalue weighted by atomic mass is 9.95. The van der Waals surface area contributed by atoms with Gasteiger partial charge in [-0.1, -0.05) is 0 Å². The summed E-state index contributed by atoms with van der Waals surface area (Å²) in [5, 5.41) is 3.57. The lowest BCUT2D eigenvalue weighted by molar-refractivity contribution is -0.137. The summed E-state index contributed by atoms with van der Waals surface area (Å²) in [6, 6.07) is 0.630. The lowest BCUT2D eigenvalue weighted by Crippen LogP contribution is -2.44. The molecule has 14 heteroatoms. The molecule has 0 aliphatic carbocycles. The van der Waals surface area contributed by atoms with E-state index in [1.165, 1.54) is 6.20 Å². The van der Waals surface area contributed by atoms with Crippen LogP contribution in [0, 0.1) is 18.6 Å². The summed E-state index contributed by atoms with van der Waals surface area (Å²) >= 11 is 0. The van der Waals surface area contributed by atoms with Crippen molar-refractivity contribution in [1.29, 1.82) is 0 Å². The Morgan fingerprint density at radius 3 is 2.68 bits per heavy atom. The molecule has 238 valence electrons. The Bertz CT molecular complexity index is 1590. The van der Waals surface area contributed by atoms with Gasteiger partial charge in [-0.05, 0) is 64.8 Å². The first-order valence-corrected chi connectivity index (χ1v) is 14.9. The number of hydrogen-bond acceptors (Lipinski definition) is 8. The largest absolute Gasteiger partial charge is 0.461 e. The number of nitrogen functional groups attached to an aromatic ring is 1. The van der Waals surface area contributed by atoms with Gasteiger partial charge in [-0.15, -0.1) is 0 Å². The molecule has 8 nitrogen and oxygen atoms in total. The number of rotatable bonds is 7. The van der Waals surface area contributed by atoms with Gasteiger partial charge in [0.25, 0.3) is 0 Å². The maximum Gasteiger partial charge on any atom is 0.417 e. The molecule has 1 aromatic carbocycles. The first-order valence-electron chi connectivity index (χ1n) is 14.9. The summed E-state index contributed by atoms with van der Waals surface area (Å²) in [6.45, 7) is 7.28. The summed E-state index contributed by atoms with van der Waals surface area (Å²) in [7, 11) is 0. The number of hydrogen-bond donors (Lipinski definition) is 2. The van der Waals surface area contributed by atoms with Crippen molar-refractivity contribution in [3.8, 4) is 17.3 Å². The zero-order chi connectivity index (χ0) is 31.6. The summed E-state index contributed by atoms with van der Waals surface area (Å²) in [5.74, 6) is -2.05. The van der Waals surface area contributed by atoms with Gasteiger partial charge in [0, 0.05) is 43.4 Å². The minimum atomic E-state index is -5.02. The molecule has 2 aromatic heterocycles. The maximum absolute atomic E-state index is 16.5. The lowest BCUT2D eigenvalue weighted by Gasteiger charge is -2.33. The molecule has 0 saturated carbocycles. The predicted molar refractivity (Wildman–Crippen MR) is 154 cm³/mol. The third-order valence-electron chi connectivity index (χ3n) is 9.44. The fourth-order valence-electron chi connectivity index (χ4n) is 7.32. The number of nitrogens with zero attached hydrogens (tertiary/aromatic N) is 5. The van der Waals surface area contributed by atoms with Crippen molar-refractivity contribution in [2.75, 3.05) is 43.4 Å². The quantitative estimate of drug-likeness (QED) is 0.267. The van der Waals surface area contributed by atoms with Gasteiger partial charge in [-0.2, -0.15) is 23.1 Å². The van der Waals surface area contributed by atoms with E-state index in [1.54, 1.807) is 0 Å². The van der Waals surface area contributed by atoms with Gasteiger partial charge < -0.3 is 20.7 Å². The topological polar surface area (TPSA) is 92.4 Å². The Kier molecular flexibility index (Phi) is 7.80. The SMILES string of the molecule is CCN(c1nc(OC[C@@]23CCCN2C[C@H](F)C3)nc2c(F)c(-c3cc(N)c(F)c(C)c3C(F)(F)F)ncc12)[C@@H]1CCN[C@@H]1C. The second-order valence-corrected chi connectivity index (χ2v) is 12.1. The van der Waals surface area contributed by atoms with Gasteiger partial charge in [0.05, 0.1) is 22.2 Å². The maximum atomic E-state index is 16.5. The summed E-state index contributed by atoms with van der Waals surface area (Å²) < 4.78 is 94.0. The van der Waals surface area contributed by atoms with Crippen LogP contribution in [0.15, 0.2) is 12.3 Å². The molecule has 6 rings (SSSR count). The number of nitrogens with two attached hydrogens (primary N) is 1. The molecule has 0 amide bonds. The van der Waals surface area contributed by atoms with Gasteiger partial charge in [0.15, 0.2) is 5.82 Å². The van der Waals surface area contributed by atoms with Crippen LogP contribution in [-0.2, 0) is 6.18 Å². The number of nitrogens with one attached hydrogen (secondary N) is 1. The molecule has 3 saturated heterocycles. The molecule has 3 N–H and O–H groups in total. The molecule has 3 aromatic rings. The monoisotopic (exact) mass is 623 g/mol. The summed E-state index contributed by atoms with van der Waals surface area (Å²) in [6.07, 6.45) is -2.07. The van der Waals surface area contributed by atoms with Crippen LogP contribution >= 0.6 is 0 Å². The smallest absolute Gasteiger partial charge is 0.417 e. The molecule has 4 atom stereocenters.